The topological polar surface area (TPSA) is 24.9 Å². The largest absolute Gasteiger partial charge is 0.309 e. The molecule has 0 spiro atoms. The van der Waals surface area contributed by atoms with E-state index in [-0.39, 0.29) is 0 Å². The van der Waals surface area contributed by atoms with Gasteiger partial charge in [-0.05, 0) is 48.9 Å². The van der Waals surface area contributed by atoms with Crippen LogP contribution in [0.3, 0.4) is 0 Å². The Morgan fingerprint density at radius 3 is 2.85 bits per heavy atom. The van der Waals surface area contributed by atoms with Gasteiger partial charge in [0.05, 0.1) is 5.52 Å². The van der Waals surface area contributed by atoms with Crippen molar-refractivity contribution in [1.29, 1.82) is 0 Å². The van der Waals surface area contributed by atoms with Gasteiger partial charge in [-0.25, -0.2) is 0 Å². The average molecular weight is 268 g/mol. The summed E-state index contributed by atoms with van der Waals surface area (Å²) >= 11 is 0. The molecular formula is C18H24N2. The summed E-state index contributed by atoms with van der Waals surface area (Å²) in [6, 6.07) is 11.5. The summed E-state index contributed by atoms with van der Waals surface area (Å²) in [5.41, 5.74) is 3.96. The lowest BCUT2D eigenvalue weighted by atomic mass is 9.87. The molecule has 1 aromatic heterocycles. The maximum atomic E-state index is 4.56. The third-order valence-electron chi connectivity index (χ3n) is 4.70. The van der Waals surface area contributed by atoms with Gasteiger partial charge in [-0.15, -0.1) is 0 Å². The Morgan fingerprint density at radius 2 is 2.10 bits per heavy atom. The van der Waals surface area contributed by atoms with Gasteiger partial charge in [-0.3, -0.25) is 4.98 Å². The molecule has 106 valence electrons. The summed E-state index contributed by atoms with van der Waals surface area (Å²) in [6.45, 7) is 7.75. The van der Waals surface area contributed by atoms with Crippen molar-refractivity contribution < 1.29 is 0 Å². The van der Waals surface area contributed by atoms with E-state index in [1.807, 2.05) is 6.92 Å². The summed E-state index contributed by atoms with van der Waals surface area (Å²) < 4.78 is 0. The zero-order valence-electron chi connectivity index (χ0n) is 12.7. The third kappa shape index (κ3) is 2.71. The van der Waals surface area contributed by atoms with Gasteiger partial charge in [0.25, 0.3) is 0 Å². The van der Waals surface area contributed by atoms with Gasteiger partial charge in [0.1, 0.15) is 0 Å². The van der Waals surface area contributed by atoms with Crippen molar-refractivity contribution in [3.8, 4) is 0 Å². The molecule has 3 rings (SSSR count). The predicted octanol–water partition coefficient (Wildman–Crippen LogP) is 4.21. The van der Waals surface area contributed by atoms with Crippen molar-refractivity contribution in [1.82, 2.24) is 10.3 Å². The summed E-state index contributed by atoms with van der Waals surface area (Å²) in [6.07, 6.45) is 4.00. The smallest absolute Gasteiger partial charge is 0.0705 e. The fraction of sp³-hybridized carbons (Fsp3) is 0.500. The molecule has 1 unspecified atom stereocenters. The van der Waals surface area contributed by atoms with Crippen LogP contribution in [0.25, 0.3) is 10.9 Å². The molecule has 1 fully saturated rings. The molecule has 0 aliphatic heterocycles. The van der Waals surface area contributed by atoms with Crippen LogP contribution in [0.4, 0.5) is 0 Å². The van der Waals surface area contributed by atoms with Gasteiger partial charge in [-0.2, -0.15) is 0 Å². The monoisotopic (exact) mass is 268 g/mol. The summed E-state index contributed by atoms with van der Waals surface area (Å²) in [4.78, 5) is 4.56. The molecular weight excluding hydrogens is 244 g/mol. The summed E-state index contributed by atoms with van der Waals surface area (Å²) in [7, 11) is 0. The van der Waals surface area contributed by atoms with E-state index in [1.54, 1.807) is 0 Å². The van der Waals surface area contributed by atoms with Crippen LogP contribution in [0.1, 0.15) is 44.4 Å². The normalized spacial score (nSPS) is 21.4. The maximum Gasteiger partial charge on any atom is 0.0705 e. The Labute approximate surface area is 121 Å². The molecule has 1 heterocycles. The second-order valence-electron chi connectivity index (χ2n) is 6.79. The first-order chi connectivity index (χ1) is 9.54. The number of nitrogens with zero attached hydrogens (tertiary/aromatic N) is 1. The maximum absolute atomic E-state index is 4.56. The van der Waals surface area contributed by atoms with Crippen molar-refractivity contribution in [3.05, 3.63) is 41.6 Å². The Bertz CT molecular complexity index is 616. The van der Waals surface area contributed by atoms with Crippen molar-refractivity contribution in [2.45, 2.75) is 52.6 Å². The highest BCUT2D eigenvalue weighted by Crippen LogP contribution is 2.37. The fourth-order valence-electron chi connectivity index (χ4n) is 3.33. The lowest BCUT2D eigenvalue weighted by molar-refractivity contribution is 0.282. The lowest BCUT2D eigenvalue weighted by Gasteiger charge is -2.28. The number of nitrogens with one attached hydrogen (secondary N) is 1. The fourth-order valence-corrected chi connectivity index (χ4v) is 3.33. The van der Waals surface area contributed by atoms with Gasteiger partial charge in [0.15, 0.2) is 0 Å². The molecule has 1 aromatic carbocycles. The first kappa shape index (κ1) is 13.6. The van der Waals surface area contributed by atoms with Crippen LogP contribution in [-0.2, 0) is 6.54 Å². The Balaban J connectivity index is 1.73. The van der Waals surface area contributed by atoms with Crippen LogP contribution < -0.4 is 5.32 Å². The van der Waals surface area contributed by atoms with E-state index in [4.69, 9.17) is 0 Å². The van der Waals surface area contributed by atoms with Crippen molar-refractivity contribution in [2.75, 3.05) is 0 Å². The SMILES string of the molecule is Cc1ccc2cc(CNC3CCCC3(C)C)ccc2n1. The average Bonchev–Trinajstić information content (AvgIpc) is 2.75. The molecule has 1 saturated carbocycles. The van der Waals surface area contributed by atoms with Gasteiger partial charge in [0, 0.05) is 23.7 Å². The lowest BCUT2D eigenvalue weighted by Crippen LogP contribution is -2.37. The molecule has 0 amide bonds. The van der Waals surface area contributed by atoms with Gasteiger partial charge in [-0.1, -0.05) is 32.4 Å². The number of fused-ring (bicyclic) bond motifs is 1. The molecule has 2 aromatic rings. The second kappa shape index (κ2) is 5.17. The molecule has 1 atom stereocenters. The van der Waals surface area contributed by atoms with E-state index in [1.165, 1.54) is 30.2 Å². The number of hydrogen-bond acceptors (Lipinski definition) is 2. The highest BCUT2D eigenvalue weighted by molar-refractivity contribution is 5.79. The Morgan fingerprint density at radius 1 is 1.25 bits per heavy atom. The predicted molar refractivity (Wildman–Crippen MR) is 84.7 cm³/mol. The van der Waals surface area contributed by atoms with Gasteiger partial charge < -0.3 is 5.32 Å². The van der Waals surface area contributed by atoms with Crippen LogP contribution in [-0.4, -0.2) is 11.0 Å². The van der Waals surface area contributed by atoms with Gasteiger partial charge in [0.2, 0.25) is 0 Å². The first-order valence-electron chi connectivity index (χ1n) is 7.64. The minimum atomic E-state index is 0.440. The third-order valence-corrected chi connectivity index (χ3v) is 4.70. The van der Waals surface area contributed by atoms with Crippen LogP contribution in [0, 0.1) is 12.3 Å². The van der Waals surface area contributed by atoms with Crippen molar-refractivity contribution in [3.63, 3.8) is 0 Å². The Kier molecular flexibility index (Phi) is 3.51. The quantitative estimate of drug-likeness (QED) is 0.902. The minimum Gasteiger partial charge on any atom is -0.309 e. The molecule has 0 bridgehead atoms. The highest BCUT2D eigenvalue weighted by Gasteiger charge is 2.33. The summed E-state index contributed by atoms with van der Waals surface area (Å²) in [5.74, 6) is 0. The van der Waals surface area contributed by atoms with E-state index in [0.29, 0.717) is 11.5 Å². The van der Waals surface area contributed by atoms with Crippen LogP contribution in [0.2, 0.25) is 0 Å². The molecule has 0 saturated heterocycles. The highest BCUT2D eigenvalue weighted by atomic mass is 14.9. The summed E-state index contributed by atoms with van der Waals surface area (Å²) in [5, 5.41) is 4.98. The second-order valence-corrected chi connectivity index (χ2v) is 6.79. The van der Waals surface area contributed by atoms with E-state index < -0.39 is 0 Å². The molecule has 2 nitrogen and oxygen atoms in total. The molecule has 1 aliphatic carbocycles. The number of benzene rings is 1. The van der Waals surface area contributed by atoms with Crippen LogP contribution >= 0.6 is 0 Å². The minimum absolute atomic E-state index is 0.440. The number of rotatable bonds is 3. The van der Waals surface area contributed by atoms with Crippen molar-refractivity contribution >= 4 is 10.9 Å². The van der Waals surface area contributed by atoms with E-state index in [9.17, 15) is 0 Å². The zero-order chi connectivity index (χ0) is 14.2. The molecule has 1 N–H and O–H groups in total. The number of pyridine rings is 1. The number of aryl methyl sites for hydroxylation is 1. The molecule has 1 aliphatic rings. The molecule has 20 heavy (non-hydrogen) atoms. The Hall–Kier alpha value is -1.41. The van der Waals surface area contributed by atoms with Gasteiger partial charge >= 0.3 is 0 Å². The molecule has 0 radical (unpaired) electrons. The van der Waals surface area contributed by atoms with E-state index in [0.717, 1.165) is 17.8 Å². The zero-order valence-corrected chi connectivity index (χ0v) is 12.7. The van der Waals surface area contributed by atoms with Crippen LogP contribution in [0.15, 0.2) is 30.3 Å². The standard InChI is InChI=1S/C18H24N2/c1-13-6-8-15-11-14(7-9-16(15)20-13)12-19-17-5-4-10-18(17,2)3/h6-9,11,17,19H,4-5,10,12H2,1-3H3. The van der Waals surface area contributed by atoms with Crippen molar-refractivity contribution in [2.24, 2.45) is 5.41 Å². The van der Waals surface area contributed by atoms with Crippen LogP contribution in [0.5, 0.6) is 0 Å². The van der Waals surface area contributed by atoms with E-state index in [2.05, 4.69) is 54.5 Å². The number of aromatic nitrogens is 1. The van der Waals surface area contributed by atoms with E-state index >= 15 is 0 Å². The number of hydrogen-bond donors (Lipinski definition) is 1. The first-order valence-corrected chi connectivity index (χ1v) is 7.64. The molecule has 2 heteroatoms.